The minimum absolute atomic E-state index is 0.293. The molecule has 1 heterocycles. The van der Waals surface area contributed by atoms with Gasteiger partial charge in [0.2, 0.25) is 0 Å². The van der Waals surface area contributed by atoms with Crippen LogP contribution in [0.4, 0.5) is 26.3 Å². The van der Waals surface area contributed by atoms with Crippen LogP contribution in [0, 0.1) is 0 Å². The van der Waals surface area contributed by atoms with Gasteiger partial charge >= 0.3 is 21.8 Å². The molecule has 1 aromatic carbocycles. The maximum Gasteiger partial charge on any atom is 0.534 e. The highest BCUT2D eigenvalue weighted by molar-refractivity contribution is 7.87. The molecule has 2 aliphatic rings. The fourth-order valence-electron chi connectivity index (χ4n) is 2.56. The summed E-state index contributed by atoms with van der Waals surface area (Å²) in [6.45, 7) is 0. The van der Waals surface area contributed by atoms with Crippen LogP contribution >= 0.6 is 0 Å². The molecule has 0 N–H and O–H groups in total. The monoisotopic (exact) mass is 388 g/mol. The SMILES string of the molecule is O=S(=O)(OC1=CC2(CCC2)Oc2cc(C(F)(F)F)ccc21)C(F)(F)F. The van der Waals surface area contributed by atoms with Crippen molar-refractivity contribution in [2.75, 3.05) is 0 Å². The van der Waals surface area contributed by atoms with E-state index in [0.29, 0.717) is 31.4 Å². The third-order valence-corrected chi connectivity index (χ3v) is 4.93. The summed E-state index contributed by atoms with van der Waals surface area (Å²) in [6.07, 6.45) is -2.34. The third kappa shape index (κ3) is 3.16. The minimum atomic E-state index is -5.96. The van der Waals surface area contributed by atoms with E-state index < -0.39 is 38.7 Å². The van der Waals surface area contributed by atoms with E-state index in [2.05, 4.69) is 4.18 Å². The second-order valence-electron chi connectivity index (χ2n) is 5.72. The Labute approximate surface area is 138 Å². The number of halogens is 6. The van der Waals surface area contributed by atoms with Gasteiger partial charge in [0.05, 0.1) is 11.1 Å². The molecule has 0 bridgehead atoms. The maximum absolute atomic E-state index is 12.8. The van der Waals surface area contributed by atoms with Crippen molar-refractivity contribution >= 4 is 15.9 Å². The molecular formula is C14H10F6O4S. The lowest BCUT2D eigenvalue weighted by Crippen LogP contribution is -2.43. The van der Waals surface area contributed by atoms with Crippen LogP contribution in [-0.2, 0) is 20.5 Å². The molecule has 0 aromatic heterocycles. The molecule has 3 rings (SSSR count). The Morgan fingerprint density at radius 1 is 1.08 bits per heavy atom. The van der Waals surface area contributed by atoms with E-state index in [1.165, 1.54) is 0 Å². The van der Waals surface area contributed by atoms with E-state index in [0.717, 1.165) is 12.1 Å². The number of benzene rings is 1. The van der Waals surface area contributed by atoms with E-state index >= 15 is 0 Å². The summed E-state index contributed by atoms with van der Waals surface area (Å²) in [6, 6.07) is 2.05. The zero-order valence-corrected chi connectivity index (χ0v) is 13.1. The van der Waals surface area contributed by atoms with Crippen molar-refractivity contribution in [3.8, 4) is 5.75 Å². The molecule has 1 fully saturated rings. The van der Waals surface area contributed by atoms with E-state index in [1.807, 2.05) is 0 Å². The minimum Gasteiger partial charge on any atom is -0.482 e. The predicted octanol–water partition coefficient (Wildman–Crippen LogP) is 4.23. The first kappa shape index (κ1) is 17.9. The molecule has 0 saturated heterocycles. The predicted molar refractivity (Wildman–Crippen MR) is 72.7 cm³/mol. The quantitative estimate of drug-likeness (QED) is 0.432. The van der Waals surface area contributed by atoms with Crippen molar-refractivity contribution < 1.29 is 43.7 Å². The van der Waals surface area contributed by atoms with Crippen molar-refractivity contribution in [3.05, 3.63) is 35.4 Å². The molecule has 0 radical (unpaired) electrons. The Hall–Kier alpha value is -1.91. The summed E-state index contributed by atoms with van der Waals surface area (Å²) >= 11 is 0. The lowest BCUT2D eigenvalue weighted by atomic mass is 9.78. The smallest absolute Gasteiger partial charge is 0.482 e. The molecule has 1 spiro atoms. The molecular weight excluding hydrogens is 378 g/mol. The maximum atomic E-state index is 12.8. The first-order valence-electron chi connectivity index (χ1n) is 6.97. The molecule has 1 aliphatic heterocycles. The van der Waals surface area contributed by atoms with Crippen LogP contribution in [0.3, 0.4) is 0 Å². The number of alkyl halides is 6. The fraction of sp³-hybridized carbons (Fsp3) is 0.429. The van der Waals surface area contributed by atoms with E-state index in [1.54, 1.807) is 0 Å². The summed E-state index contributed by atoms with van der Waals surface area (Å²) in [5.41, 5.74) is -8.18. The average Bonchev–Trinajstić information content (AvgIpc) is 2.42. The van der Waals surface area contributed by atoms with Crippen LogP contribution < -0.4 is 4.74 Å². The second kappa shape index (κ2) is 5.29. The van der Waals surface area contributed by atoms with Crippen LogP contribution in [0.2, 0.25) is 0 Å². The zero-order valence-electron chi connectivity index (χ0n) is 12.2. The number of hydrogen-bond acceptors (Lipinski definition) is 4. The average molecular weight is 388 g/mol. The van der Waals surface area contributed by atoms with Crippen molar-refractivity contribution in [2.24, 2.45) is 0 Å². The lowest BCUT2D eigenvalue weighted by Gasteiger charge is -2.42. The van der Waals surface area contributed by atoms with Crippen molar-refractivity contribution in [1.29, 1.82) is 0 Å². The van der Waals surface area contributed by atoms with Crippen LogP contribution in [0.15, 0.2) is 24.3 Å². The highest BCUT2D eigenvalue weighted by atomic mass is 32.2. The number of fused-ring (bicyclic) bond motifs is 1. The fourth-order valence-corrected chi connectivity index (χ4v) is 3.03. The largest absolute Gasteiger partial charge is 0.534 e. The summed E-state index contributed by atoms with van der Waals surface area (Å²) < 4.78 is 108. The third-order valence-electron chi connectivity index (χ3n) is 3.96. The summed E-state index contributed by atoms with van der Waals surface area (Å²) in [5.74, 6) is -1.06. The van der Waals surface area contributed by atoms with Gasteiger partial charge in [-0.05, 0) is 37.5 Å². The Morgan fingerprint density at radius 3 is 2.20 bits per heavy atom. The van der Waals surface area contributed by atoms with Crippen LogP contribution in [0.25, 0.3) is 5.76 Å². The van der Waals surface area contributed by atoms with Gasteiger partial charge in [-0.1, -0.05) is 0 Å². The Morgan fingerprint density at radius 2 is 1.72 bits per heavy atom. The van der Waals surface area contributed by atoms with Gasteiger partial charge in [0.1, 0.15) is 11.4 Å². The molecule has 25 heavy (non-hydrogen) atoms. The summed E-state index contributed by atoms with van der Waals surface area (Å²) in [7, 11) is -5.96. The Balaban J connectivity index is 2.06. The highest BCUT2D eigenvalue weighted by Crippen LogP contribution is 2.48. The summed E-state index contributed by atoms with van der Waals surface area (Å²) in [4.78, 5) is 0. The first-order valence-corrected chi connectivity index (χ1v) is 8.38. The number of hydrogen-bond donors (Lipinski definition) is 0. The van der Waals surface area contributed by atoms with Crippen LogP contribution in [0.1, 0.15) is 30.4 Å². The molecule has 1 aliphatic carbocycles. The van der Waals surface area contributed by atoms with Crippen molar-refractivity contribution in [3.63, 3.8) is 0 Å². The van der Waals surface area contributed by atoms with Gasteiger partial charge in [0.15, 0.2) is 5.76 Å². The van der Waals surface area contributed by atoms with Gasteiger partial charge in [0.25, 0.3) is 0 Å². The molecule has 1 saturated carbocycles. The van der Waals surface area contributed by atoms with Gasteiger partial charge in [-0.3, -0.25) is 0 Å². The van der Waals surface area contributed by atoms with E-state index in [-0.39, 0.29) is 11.3 Å². The van der Waals surface area contributed by atoms with Gasteiger partial charge in [-0.15, -0.1) is 0 Å². The Bertz CT molecular complexity index is 834. The molecule has 11 heteroatoms. The molecule has 0 amide bonds. The normalized spacial score (nSPS) is 19.5. The van der Waals surface area contributed by atoms with Crippen LogP contribution in [-0.4, -0.2) is 19.5 Å². The van der Waals surface area contributed by atoms with Crippen molar-refractivity contribution in [2.45, 2.75) is 36.5 Å². The standard InChI is InChI=1S/C14H10F6O4S/c15-13(16,17)8-2-3-9-10(6-8)23-12(4-1-5-12)7-11(9)24-25(21,22)14(18,19)20/h2-3,6-7H,1,4-5H2. The highest BCUT2D eigenvalue weighted by Gasteiger charge is 2.51. The van der Waals surface area contributed by atoms with E-state index in [4.69, 9.17) is 4.74 Å². The molecule has 4 nitrogen and oxygen atoms in total. The molecule has 1 aromatic rings. The van der Waals surface area contributed by atoms with Crippen LogP contribution in [0.5, 0.6) is 5.75 Å². The zero-order chi connectivity index (χ0) is 18.7. The van der Waals surface area contributed by atoms with Gasteiger partial charge in [0, 0.05) is 6.08 Å². The molecule has 0 unspecified atom stereocenters. The van der Waals surface area contributed by atoms with Gasteiger partial charge in [-0.2, -0.15) is 34.8 Å². The summed E-state index contributed by atoms with van der Waals surface area (Å²) in [5, 5.41) is 0. The number of ether oxygens (including phenoxy) is 1. The molecule has 138 valence electrons. The Kier molecular flexibility index (Phi) is 3.79. The van der Waals surface area contributed by atoms with Gasteiger partial charge < -0.3 is 8.92 Å². The van der Waals surface area contributed by atoms with E-state index in [9.17, 15) is 34.8 Å². The van der Waals surface area contributed by atoms with Crippen molar-refractivity contribution in [1.82, 2.24) is 0 Å². The molecule has 0 atom stereocenters. The second-order valence-corrected chi connectivity index (χ2v) is 7.26. The lowest BCUT2D eigenvalue weighted by molar-refractivity contribution is -0.137. The van der Waals surface area contributed by atoms with Gasteiger partial charge in [-0.25, -0.2) is 0 Å². The first-order chi connectivity index (χ1) is 11.3. The topological polar surface area (TPSA) is 52.6 Å². The number of rotatable bonds is 2.